The number of allylic oxidation sites excluding steroid dienone is 2. The van der Waals surface area contributed by atoms with E-state index in [1.165, 1.54) is 6.08 Å². The monoisotopic (exact) mass is 536 g/mol. The summed E-state index contributed by atoms with van der Waals surface area (Å²) in [5, 5.41) is 0. The normalized spacial score (nSPS) is 15.3. The minimum absolute atomic E-state index is 0.0884. The zero-order chi connectivity index (χ0) is 30.1. The van der Waals surface area contributed by atoms with Gasteiger partial charge >= 0.3 is 11.9 Å². The van der Waals surface area contributed by atoms with Crippen LogP contribution in [0.4, 0.5) is 0 Å². The van der Waals surface area contributed by atoms with Gasteiger partial charge in [-0.15, -0.1) is 0 Å². The summed E-state index contributed by atoms with van der Waals surface area (Å²) in [5.74, 6) is -0.581. The highest BCUT2D eigenvalue weighted by Gasteiger charge is 2.39. The number of carbonyl (C=O) groups excluding carboxylic acids is 2. The van der Waals surface area contributed by atoms with E-state index in [4.69, 9.17) is 14.2 Å². The van der Waals surface area contributed by atoms with Crippen LogP contribution in [0.5, 0.6) is 0 Å². The van der Waals surface area contributed by atoms with Crippen LogP contribution in [0, 0.1) is 21.7 Å². The van der Waals surface area contributed by atoms with Crippen LogP contribution in [0.1, 0.15) is 129 Å². The molecule has 0 rings (SSSR count). The van der Waals surface area contributed by atoms with Gasteiger partial charge < -0.3 is 14.2 Å². The van der Waals surface area contributed by atoms with Crippen molar-refractivity contribution < 1.29 is 23.8 Å². The first-order valence-corrected chi connectivity index (χ1v) is 14.3. The smallest absolute Gasteiger partial charge is 0.330 e. The van der Waals surface area contributed by atoms with Crippen LogP contribution in [-0.4, -0.2) is 36.4 Å². The van der Waals surface area contributed by atoms with Crippen LogP contribution in [-0.2, 0) is 23.8 Å². The Kier molecular flexibility index (Phi) is 13.5. The molecule has 5 nitrogen and oxygen atoms in total. The predicted molar refractivity (Wildman–Crippen MR) is 159 cm³/mol. The SMILES string of the molecule is C=CC(=O)OCCCC(C)(C)OCCC(C)(C)OC(=O)C(C)(C)CC(C)(/C=C/C(C)(C)CC(C)(C)C)CC. The molecule has 0 aliphatic carbocycles. The van der Waals surface area contributed by atoms with E-state index in [1.807, 2.05) is 41.5 Å². The van der Waals surface area contributed by atoms with Crippen LogP contribution in [0.2, 0.25) is 0 Å². The van der Waals surface area contributed by atoms with Crippen molar-refractivity contribution in [3.05, 3.63) is 24.8 Å². The zero-order valence-corrected chi connectivity index (χ0v) is 27.1. The van der Waals surface area contributed by atoms with E-state index in [0.717, 1.165) is 19.3 Å². The fraction of sp³-hybridized carbons (Fsp3) is 0.818. The molecule has 0 aliphatic heterocycles. The standard InChI is InChI=1S/C33H60O5/c1-15-26(34)36-22-17-18-31(10,11)37-23-21-32(12,13)38-27(35)30(8,9)25-33(14,16-2)20-19-29(6,7)24-28(3,4)5/h15,19-20H,1,16-18,21-25H2,2-14H3/b20-19+. The van der Waals surface area contributed by atoms with Crippen molar-refractivity contribution in [3.8, 4) is 0 Å². The Morgan fingerprint density at radius 1 is 0.763 bits per heavy atom. The number of ether oxygens (including phenoxy) is 3. The second-order valence-corrected chi connectivity index (χ2v) is 15.1. The van der Waals surface area contributed by atoms with Gasteiger partial charge in [-0.25, -0.2) is 4.79 Å². The fourth-order valence-corrected chi connectivity index (χ4v) is 5.05. The van der Waals surface area contributed by atoms with Gasteiger partial charge in [-0.05, 0) is 89.9 Å². The van der Waals surface area contributed by atoms with E-state index in [1.54, 1.807) is 0 Å². The van der Waals surface area contributed by atoms with Gasteiger partial charge in [-0.1, -0.05) is 67.2 Å². The Balaban J connectivity index is 5.02. The van der Waals surface area contributed by atoms with Gasteiger partial charge in [-0.2, -0.15) is 0 Å². The first kappa shape index (κ1) is 36.4. The molecule has 0 fully saturated rings. The first-order valence-electron chi connectivity index (χ1n) is 14.3. The lowest BCUT2D eigenvalue weighted by Gasteiger charge is -2.37. The average molecular weight is 537 g/mol. The summed E-state index contributed by atoms with van der Waals surface area (Å²) >= 11 is 0. The Labute approximate surface area is 235 Å². The molecule has 0 saturated carbocycles. The molecule has 0 heterocycles. The van der Waals surface area contributed by atoms with Crippen LogP contribution in [0.25, 0.3) is 0 Å². The van der Waals surface area contributed by atoms with Crippen molar-refractivity contribution in [1.29, 1.82) is 0 Å². The average Bonchev–Trinajstić information content (AvgIpc) is 2.72. The van der Waals surface area contributed by atoms with E-state index in [-0.39, 0.29) is 27.8 Å². The molecule has 0 spiro atoms. The number of rotatable bonds is 17. The molecule has 1 atom stereocenters. The van der Waals surface area contributed by atoms with Gasteiger partial charge in [-0.3, -0.25) is 4.79 Å². The lowest BCUT2D eigenvalue weighted by molar-refractivity contribution is -0.171. The Bertz CT molecular complexity index is 795. The maximum atomic E-state index is 13.3. The largest absolute Gasteiger partial charge is 0.463 e. The molecule has 0 aromatic heterocycles. The Morgan fingerprint density at radius 3 is 1.84 bits per heavy atom. The summed E-state index contributed by atoms with van der Waals surface area (Å²) in [5.41, 5.74) is -1.39. The third kappa shape index (κ3) is 15.7. The van der Waals surface area contributed by atoms with E-state index in [9.17, 15) is 9.59 Å². The van der Waals surface area contributed by atoms with E-state index < -0.39 is 17.0 Å². The molecular formula is C33H60O5. The quantitative estimate of drug-likeness (QED) is 0.0804. The summed E-state index contributed by atoms with van der Waals surface area (Å²) in [4.78, 5) is 24.5. The van der Waals surface area contributed by atoms with Gasteiger partial charge in [0.2, 0.25) is 0 Å². The number of esters is 2. The Morgan fingerprint density at radius 2 is 1.34 bits per heavy atom. The van der Waals surface area contributed by atoms with Gasteiger partial charge in [0, 0.05) is 12.5 Å². The van der Waals surface area contributed by atoms with Gasteiger partial charge in [0.05, 0.1) is 24.2 Å². The van der Waals surface area contributed by atoms with Crippen molar-refractivity contribution in [2.24, 2.45) is 21.7 Å². The lowest BCUT2D eigenvalue weighted by atomic mass is 9.70. The highest BCUT2D eigenvalue weighted by atomic mass is 16.6. The second-order valence-electron chi connectivity index (χ2n) is 15.1. The highest BCUT2D eigenvalue weighted by Crippen LogP contribution is 2.42. The summed E-state index contributed by atoms with van der Waals surface area (Å²) in [7, 11) is 0. The van der Waals surface area contributed by atoms with E-state index in [2.05, 4.69) is 67.2 Å². The number of carbonyl (C=O) groups is 2. The first-order chi connectivity index (χ1) is 17.0. The van der Waals surface area contributed by atoms with Crippen molar-refractivity contribution in [2.75, 3.05) is 13.2 Å². The molecule has 5 heteroatoms. The van der Waals surface area contributed by atoms with Gasteiger partial charge in [0.15, 0.2) is 0 Å². The van der Waals surface area contributed by atoms with Crippen molar-refractivity contribution in [1.82, 2.24) is 0 Å². The van der Waals surface area contributed by atoms with Gasteiger partial charge in [0.1, 0.15) is 5.60 Å². The minimum atomic E-state index is -0.642. The fourth-order valence-electron chi connectivity index (χ4n) is 5.05. The van der Waals surface area contributed by atoms with Crippen molar-refractivity contribution in [2.45, 2.75) is 140 Å². The molecule has 0 aromatic carbocycles. The molecule has 0 aromatic rings. The predicted octanol–water partition coefficient (Wildman–Crippen LogP) is 8.85. The summed E-state index contributed by atoms with van der Waals surface area (Å²) in [6.45, 7) is 32.0. The second kappa shape index (κ2) is 14.1. The van der Waals surface area contributed by atoms with E-state index in [0.29, 0.717) is 32.5 Å². The highest BCUT2D eigenvalue weighted by molar-refractivity contribution is 5.81. The summed E-state index contributed by atoms with van der Waals surface area (Å²) in [6.07, 6.45) is 10.6. The lowest BCUT2D eigenvalue weighted by Crippen LogP contribution is -2.39. The molecule has 0 saturated heterocycles. The summed E-state index contributed by atoms with van der Waals surface area (Å²) < 4.78 is 17.2. The van der Waals surface area contributed by atoms with Crippen molar-refractivity contribution in [3.63, 3.8) is 0 Å². The third-order valence-electron chi connectivity index (χ3n) is 7.03. The molecule has 0 N–H and O–H groups in total. The maximum Gasteiger partial charge on any atom is 0.330 e. The van der Waals surface area contributed by atoms with E-state index >= 15 is 0 Å². The molecular weight excluding hydrogens is 476 g/mol. The molecule has 0 radical (unpaired) electrons. The topological polar surface area (TPSA) is 61.8 Å². The van der Waals surface area contributed by atoms with Crippen LogP contribution >= 0.6 is 0 Å². The summed E-state index contributed by atoms with van der Waals surface area (Å²) in [6, 6.07) is 0. The Hall–Kier alpha value is -1.62. The number of hydrogen-bond donors (Lipinski definition) is 0. The van der Waals surface area contributed by atoms with Crippen LogP contribution < -0.4 is 0 Å². The molecule has 0 aliphatic rings. The van der Waals surface area contributed by atoms with Gasteiger partial charge in [0.25, 0.3) is 0 Å². The molecule has 222 valence electrons. The maximum absolute atomic E-state index is 13.3. The molecule has 38 heavy (non-hydrogen) atoms. The number of hydrogen-bond acceptors (Lipinski definition) is 5. The third-order valence-corrected chi connectivity index (χ3v) is 7.03. The van der Waals surface area contributed by atoms with Crippen LogP contribution in [0.15, 0.2) is 24.8 Å². The molecule has 0 bridgehead atoms. The van der Waals surface area contributed by atoms with Crippen LogP contribution in [0.3, 0.4) is 0 Å². The molecule has 1 unspecified atom stereocenters. The molecule has 0 amide bonds. The zero-order valence-electron chi connectivity index (χ0n) is 27.1. The van der Waals surface area contributed by atoms with Crippen molar-refractivity contribution >= 4 is 11.9 Å². The minimum Gasteiger partial charge on any atom is -0.463 e.